The summed E-state index contributed by atoms with van der Waals surface area (Å²) in [4.78, 5) is 11.9. The molecule has 0 aromatic heterocycles. The number of nitrogens with one attached hydrogen (secondary N) is 1. The van der Waals surface area contributed by atoms with Gasteiger partial charge in [-0.1, -0.05) is 26.0 Å². The molecule has 0 radical (unpaired) electrons. The number of carbonyl (C=O) groups excluding carboxylic acids is 1. The zero-order valence-electron chi connectivity index (χ0n) is 12.1. The smallest absolute Gasteiger partial charge is 0.226 e. The third kappa shape index (κ3) is 5.30. The van der Waals surface area contributed by atoms with Crippen molar-refractivity contribution in [3.63, 3.8) is 0 Å². The van der Waals surface area contributed by atoms with E-state index >= 15 is 0 Å². The number of ether oxygens (including phenoxy) is 1. The lowest BCUT2D eigenvalue weighted by molar-refractivity contribution is -0.116. The van der Waals surface area contributed by atoms with Gasteiger partial charge >= 0.3 is 0 Å². The van der Waals surface area contributed by atoms with Crippen LogP contribution < -0.4 is 15.8 Å². The molecule has 4 heteroatoms. The van der Waals surface area contributed by atoms with Gasteiger partial charge in [0.15, 0.2) is 0 Å². The van der Waals surface area contributed by atoms with Crippen molar-refractivity contribution in [2.45, 2.75) is 46.3 Å². The number of benzene rings is 1. The van der Waals surface area contributed by atoms with Crippen LogP contribution in [0.5, 0.6) is 5.75 Å². The molecule has 0 saturated heterocycles. The van der Waals surface area contributed by atoms with Crippen LogP contribution in [-0.2, 0) is 4.79 Å². The summed E-state index contributed by atoms with van der Waals surface area (Å²) in [6, 6.07) is 7.30. The van der Waals surface area contributed by atoms with Gasteiger partial charge in [-0.25, -0.2) is 0 Å². The highest BCUT2D eigenvalue weighted by molar-refractivity contribution is 5.92. The first kappa shape index (κ1) is 15.5. The lowest BCUT2D eigenvalue weighted by atomic mass is 10.0. The fourth-order valence-electron chi connectivity index (χ4n) is 1.58. The van der Waals surface area contributed by atoms with E-state index in [0.717, 1.165) is 0 Å². The van der Waals surface area contributed by atoms with E-state index in [4.69, 9.17) is 10.5 Å². The second-order valence-electron chi connectivity index (χ2n) is 5.32. The largest absolute Gasteiger partial charge is 0.489 e. The molecule has 1 rings (SSSR count). The van der Waals surface area contributed by atoms with Crippen molar-refractivity contribution in [1.29, 1.82) is 0 Å². The number of hydrogen-bond acceptors (Lipinski definition) is 3. The Hall–Kier alpha value is -1.55. The lowest BCUT2D eigenvalue weighted by Gasteiger charge is -2.17. The van der Waals surface area contributed by atoms with Crippen LogP contribution in [0.4, 0.5) is 5.69 Å². The Balaban J connectivity index is 2.68. The monoisotopic (exact) mass is 264 g/mol. The summed E-state index contributed by atoms with van der Waals surface area (Å²) in [5.41, 5.74) is 6.59. The Labute approximate surface area is 115 Å². The van der Waals surface area contributed by atoms with Gasteiger partial charge < -0.3 is 15.8 Å². The third-order valence-electron chi connectivity index (χ3n) is 2.80. The van der Waals surface area contributed by atoms with Crippen LogP contribution in [0.1, 0.15) is 34.1 Å². The number of nitrogens with two attached hydrogens (primary N) is 1. The number of anilines is 1. The first-order valence-electron chi connectivity index (χ1n) is 6.71. The normalized spacial score (nSPS) is 12.6. The summed E-state index contributed by atoms with van der Waals surface area (Å²) in [7, 11) is 0. The summed E-state index contributed by atoms with van der Waals surface area (Å²) in [5, 5.41) is 2.86. The molecule has 1 amide bonds. The van der Waals surface area contributed by atoms with E-state index in [1.165, 1.54) is 0 Å². The van der Waals surface area contributed by atoms with Crippen molar-refractivity contribution < 1.29 is 9.53 Å². The molecular formula is C15H24N2O2. The van der Waals surface area contributed by atoms with E-state index in [-0.39, 0.29) is 24.0 Å². The van der Waals surface area contributed by atoms with E-state index in [1.807, 2.05) is 52.0 Å². The lowest BCUT2D eigenvalue weighted by Crippen LogP contribution is -2.31. The van der Waals surface area contributed by atoms with Gasteiger partial charge in [-0.15, -0.1) is 0 Å². The second kappa shape index (κ2) is 7.14. The van der Waals surface area contributed by atoms with Crippen LogP contribution in [-0.4, -0.2) is 18.1 Å². The average Bonchev–Trinajstić information content (AvgIpc) is 2.30. The number of carbonyl (C=O) groups is 1. The van der Waals surface area contributed by atoms with Gasteiger partial charge in [0, 0.05) is 12.5 Å². The number of rotatable bonds is 6. The maximum absolute atomic E-state index is 11.9. The third-order valence-corrected chi connectivity index (χ3v) is 2.80. The molecule has 0 fully saturated rings. The second-order valence-corrected chi connectivity index (χ2v) is 5.32. The molecule has 0 heterocycles. The molecule has 0 aliphatic heterocycles. The summed E-state index contributed by atoms with van der Waals surface area (Å²) in [6.45, 7) is 7.92. The summed E-state index contributed by atoms with van der Waals surface area (Å²) in [5.74, 6) is 0.887. The fraction of sp³-hybridized carbons (Fsp3) is 0.533. The molecular weight excluding hydrogens is 240 g/mol. The molecule has 1 aromatic carbocycles. The zero-order valence-corrected chi connectivity index (χ0v) is 12.1. The molecule has 1 unspecified atom stereocenters. The minimum atomic E-state index is -0.127. The van der Waals surface area contributed by atoms with Gasteiger partial charge in [-0.05, 0) is 31.9 Å². The van der Waals surface area contributed by atoms with Crippen molar-refractivity contribution in [3.8, 4) is 5.75 Å². The summed E-state index contributed by atoms with van der Waals surface area (Å²) < 4.78 is 5.65. The van der Waals surface area contributed by atoms with Gasteiger partial charge in [0.2, 0.25) is 5.91 Å². The fourth-order valence-corrected chi connectivity index (χ4v) is 1.58. The molecule has 3 N–H and O–H groups in total. The zero-order chi connectivity index (χ0) is 14.4. The maximum Gasteiger partial charge on any atom is 0.226 e. The van der Waals surface area contributed by atoms with Gasteiger partial charge in [0.1, 0.15) is 5.75 Å². The van der Waals surface area contributed by atoms with Crippen molar-refractivity contribution >= 4 is 11.6 Å². The van der Waals surface area contributed by atoms with Gasteiger partial charge in [0.05, 0.1) is 11.8 Å². The Morgan fingerprint density at radius 1 is 1.26 bits per heavy atom. The van der Waals surface area contributed by atoms with Gasteiger partial charge in [0.25, 0.3) is 0 Å². The minimum Gasteiger partial charge on any atom is -0.489 e. The van der Waals surface area contributed by atoms with Crippen LogP contribution in [0.2, 0.25) is 0 Å². The number of amides is 1. The summed E-state index contributed by atoms with van der Waals surface area (Å²) in [6.07, 6.45) is 0.379. The Morgan fingerprint density at radius 3 is 2.47 bits per heavy atom. The van der Waals surface area contributed by atoms with E-state index in [0.29, 0.717) is 17.9 Å². The molecule has 0 bridgehead atoms. The van der Waals surface area contributed by atoms with Crippen molar-refractivity contribution in [2.24, 2.45) is 11.7 Å². The Morgan fingerprint density at radius 2 is 1.89 bits per heavy atom. The van der Waals surface area contributed by atoms with Crippen molar-refractivity contribution in [3.05, 3.63) is 24.3 Å². The quantitative estimate of drug-likeness (QED) is 0.830. The maximum atomic E-state index is 11.9. The predicted octanol–water partition coefficient (Wildman–Crippen LogP) is 2.79. The molecule has 0 saturated carbocycles. The standard InChI is InChI=1S/C15H24N2O2/c1-10(2)12(16)9-15(18)17-13-7-5-6-8-14(13)19-11(3)4/h5-8,10-12H,9,16H2,1-4H3,(H,17,18). The van der Waals surface area contributed by atoms with E-state index in [2.05, 4.69) is 5.32 Å². The molecule has 106 valence electrons. The summed E-state index contributed by atoms with van der Waals surface area (Å²) >= 11 is 0. The molecule has 0 spiro atoms. The Kier molecular flexibility index (Phi) is 5.83. The van der Waals surface area contributed by atoms with Crippen LogP contribution in [0.3, 0.4) is 0 Å². The Bertz CT molecular complexity index is 416. The molecule has 19 heavy (non-hydrogen) atoms. The number of hydrogen-bond donors (Lipinski definition) is 2. The highest BCUT2D eigenvalue weighted by atomic mass is 16.5. The SMILES string of the molecule is CC(C)Oc1ccccc1NC(=O)CC(N)C(C)C. The van der Waals surface area contributed by atoms with Crippen LogP contribution in [0.15, 0.2) is 24.3 Å². The molecule has 4 nitrogen and oxygen atoms in total. The highest BCUT2D eigenvalue weighted by Crippen LogP contribution is 2.25. The highest BCUT2D eigenvalue weighted by Gasteiger charge is 2.14. The van der Waals surface area contributed by atoms with Gasteiger partial charge in [-0.3, -0.25) is 4.79 Å². The van der Waals surface area contributed by atoms with Crippen LogP contribution in [0, 0.1) is 5.92 Å². The first-order chi connectivity index (χ1) is 8.90. The first-order valence-corrected chi connectivity index (χ1v) is 6.71. The topological polar surface area (TPSA) is 64.3 Å². The van der Waals surface area contributed by atoms with E-state index < -0.39 is 0 Å². The van der Waals surface area contributed by atoms with Crippen LogP contribution in [0.25, 0.3) is 0 Å². The average molecular weight is 264 g/mol. The van der Waals surface area contributed by atoms with E-state index in [9.17, 15) is 4.79 Å². The molecule has 0 aliphatic rings. The molecule has 1 aromatic rings. The molecule has 0 aliphatic carbocycles. The molecule has 1 atom stereocenters. The van der Waals surface area contributed by atoms with Gasteiger partial charge in [-0.2, -0.15) is 0 Å². The predicted molar refractivity (Wildman–Crippen MR) is 78.3 cm³/mol. The van der Waals surface area contributed by atoms with Crippen molar-refractivity contribution in [1.82, 2.24) is 0 Å². The van der Waals surface area contributed by atoms with Crippen LogP contribution >= 0.6 is 0 Å². The van der Waals surface area contributed by atoms with E-state index in [1.54, 1.807) is 0 Å². The van der Waals surface area contributed by atoms with Crippen molar-refractivity contribution in [2.75, 3.05) is 5.32 Å². The minimum absolute atomic E-state index is 0.0657. The number of para-hydroxylation sites is 2.